The quantitative estimate of drug-likeness (QED) is 0.769. The molecule has 1 aromatic rings. The van der Waals surface area contributed by atoms with E-state index in [2.05, 4.69) is 15.9 Å². The van der Waals surface area contributed by atoms with Gasteiger partial charge in [-0.3, -0.25) is 0 Å². The summed E-state index contributed by atoms with van der Waals surface area (Å²) in [5.41, 5.74) is 7.34. The molecule has 0 spiro atoms. The van der Waals surface area contributed by atoms with Gasteiger partial charge in [0.05, 0.1) is 13.2 Å². The minimum atomic E-state index is -0.266. The third kappa shape index (κ3) is 1.85. The SMILES string of the molecule is Nc1ccc(Br)c(C2OCCO2)c1. The largest absolute Gasteiger partial charge is 0.399 e. The normalized spacial score (nSPS) is 17.9. The minimum Gasteiger partial charge on any atom is -0.399 e. The number of anilines is 1. The summed E-state index contributed by atoms with van der Waals surface area (Å²) in [6.07, 6.45) is -0.266. The van der Waals surface area contributed by atoms with E-state index in [4.69, 9.17) is 15.2 Å². The van der Waals surface area contributed by atoms with Crippen LogP contribution in [0, 0.1) is 0 Å². The summed E-state index contributed by atoms with van der Waals surface area (Å²) in [7, 11) is 0. The summed E-state index contributed by atoms with van der Waals surface area (Å²) in [6.45, 7) is 1.29. The summed E-state index contributed by atoms with van der Waals surface area (Å²) >= 11 is 3.42. The number of hydrogen-bond donors (Lipinski definition) is 1. The molecule has 1 aliphatic heterocycles. The highest BCUT2D eigenvalue weighted by Crippen LogP contribution is 2.30. The first-order valence-corrected chi connectivity index (χ1v) is 4.85. The van der Waals surface area contributed by atoms with Crippen LogP contribution >= 0.6 is 15.9 Å². The number of nitrogens with two attached hydrogens (primary N) is 1. The van der Waals surface area contributed by atoms with Gasteiger partial charge in [-0.2, -0.15) is 0 Å². The first-order valence-electron chi connectivity index (χ1n) is 4.05. The number of ether oxygens (including phenoxy) is 2. The Morgan fingerprint density at radius 1 is 1.31 bits per heavy atom. The number of hydrogen-bond acceptors (Lipinski definition) is 3. The summed E-state index contributed by atoms with van der Waals surface area (Å²) in [5.74, 6) is 0. The zero-order valence-corrected chi connectivity index (χ0v) is 8.58. The highest BCUT2D eigenvalue weighted by atomic mass is 79.9. The van der Waals surface area contributed by atoms with E-state index in [-0.39, 0.29) is 6.29 Å². The molecule has 1 aromatic carbocycles. The number of nitrogen functional groups attached to an aromatic ring is 1. The van der Waals surface area contributed by atoms with Crippen LogP contribution in [0.2, 0.25) is 0 Å². The maximum absolute atomic E-state index is 5.66. The Kier molecular flexibility index (Phi) is 2.53. The third-order valence-electron chi connectivity index (χ3n) is 1.90. The predicted molar refractivity (Wildman–Crippen MR) is 53.2 cm³/mol. The first kappa shape index (κ1) is 8.99. The molecule has 1 fully saturated rings. The lowest BCUT2D eigenvalue weighted by atomic mass is 10.2. The highest BCUT2D eigenvalue weighted by Gasteiger charge is 2.20. The molecule has 13 heavy (non-hydrogen) atoms. The van der Waals surface area contributed by atoms with Crippen LogP contribution in [0.3, 0.4) is 0 Å². The molecule has 0 atom stereocenters. The second-order valence-electron chi connectivity index (χ2n) is 2.85. The summed E-state index contributed by atoms with van der Waals surface area (Å²) in [5, 5.41) is 0. The van der Waals surface area contributed by atoms with Crippen LogP contribution in [-0.2, 0) is 9.47 Å². The van der Waals surface area contributed by atoms with Crippen molar-refractivity contribution in [3.05, 3.63) is 28.2 Å². The van der Waals surface area contributed by atoms with Gasteiger partial charge in [-0.05, 0) is 18.2 Å². The average molecular weight is 244 g/mol. The Morgan fingerprint density at radius 3 is 2.69 bits per heavy atom. The van der Waals surface area contributed by atoms with Crippen molar-refractivity contribution in [2.45, 2.75) is 6.29 Å². The molecule has 4 heteroatoms. The molecule has 0 amide bonds. The van der Waals surface area contributed by atoms with E-state index in [0.717, 1.165) is 15.7 Å². The molecular weight excluding hydrogens is 234 g/mol. The Bertz CT molecular complexity index is 310. The second kappa shape index (κ2) is 3.65. The molecule has 0 aromatic heterocycles. The molecule has 0 radical (unpaired) electrons. The smallest absolute Gasteiger partial charge is 0.185 e. The number of benzene rings is 1. The topological polar surface area (TPSA) is 44.5 Å². The van der Waals surface area contributed by atoms with E-state index in [0.29, 0.717) is 13.2 Å². The zero-order chi connectivity index (χ0) is 9.26. The van der Waals surface area contributed by atoms with Crippen molar-refractivity contribution in [2.75, 3.05) is 18.9 Å². The van der Waals surface area contributed by atoms with Crippen LogP contribution in [0.15, 0.2) is 22.7 Å². The van der Waals surface area contributed by atoms with Gasteiger partial charge in [0.2, 0.25) is 0 Å². The van der Waals surface area contributed by atoms with Crippen LogP contribution < -0.4 is 5.73 Å². The number of halogens is 1. The fourth-order valence-electron chi connectivity index (χ4n) is 1.28. The Hall–Kier alpha value is -0.580. The maximum atomic E-state index is 5.66. The van der Waals surface area contributed by atoms with E-state index in [1.165, 1.54) is 0 Å². The van der Waals surface area contributed by atoms with Gasteiger partial charge in [-0.15, -0.1) is 0 Å². The Labute approximate surface area is 85.0 Å². The number of rotatable bonds is 1. The molecule has 1 heterocycles. The zero-order valence-electron chi connectivity index (χ0n) is 7.00. The Balaban J connectivity index is 2.32. The van der Waals surface area contributed by atoms with E-state index >= 15 is 0 Å². The lowest BCUT2D eigenvalue weighted by Crippen LogP contribution is -2.00. The van der Waals surface area contributed by atoms with Crippen molar-refractivity contribution in [1.29, 1.82) is 0 Å². The van der Waals surface area contributed by atoms with Gasteiger partial charge in [0.15, 0.2) is 6.29 Å². The van der Waals surface area contributed by atoms with Crippen molar-refractivity contribution in [3.8, 4) is 0 Å². The molecule has 3 nitrogen and oxygen atoms in total. The summed E-state index contributed by atoms with van der Waals surface area (Å²) in [6, 6.07) is 5.60. The van der Waals surface area contributed by atoms with Crippen LogP contribution in [-0.4, -0.2) is 13.2 Å². The molecule has 2 N–H and O–H groups in total. The fraction of sp³-hybridized carbons (Fsp3) is 0.333. The van der Waals surface area contributed by atoms with Crippen LogP contribution in [0.5, 0.6) is 0 Å². The average Bonchev–Trinajstić information content (AvgIpc) is 2.61. The predicted octanol–water partition coefficient (Wildman–Crippen LogP) is 2.08. The molecule has 0 aliphatic carbocycles. The Morgan fingerprint density at radius 2 is 2.00 bits per heavy atom. The second-order valence-corrected chi connectivity index (χ2v) is 3.71. The van der Waals surface area contributed by atoms with Gasteiger partial charge in [0.1, 0.15) is 0 Å². The van der Waals surface area contributed by atoms with Crippen LogP contribution in [0.1, 0.15) is 11.9 Å². The monoisotopic (exact) mass is 243 g/mol. The minimum absolute atomic E-state index is 0.266. The van der Waals surface area contributed by atoms with Gasteiger partial charge < -0.3 is 15.2 Å². The molecule has 2 rings (SSSR count). The van der Waals surface area contributed by atoms with Gasteiger partial charge in [-0.25, -0.2) is 0 Å². The molecular formula is C9H10BrNO2. The van der Waals surface area contributed by atoms with Crippen molar-refractivity contribution >= 4 is 21.6 Å². The highest BCUT2D eigenvalue weighted by molar-refractivity contribution is 9.10. The molecule has 0 unspecified atom stereocenters. The first-order chi connectivity index (χ1) is 6.27. The molecule has 1 saturated heterocycles. The summed E-state index contributed by atoms with van der Waals surface area (Å²) < 4.78 is 11.7. The van der Waals surface area contributed by atoms with Crippen LogP contribution in [0.4, 0.5) is 5.69 Å². The molecule has 1 aliphatic rings. The van der Waals surface area contributed by atoms with Gasteiger partial charge in [-0.1, -0.05) is 15.9 Å². The summed E-state index contributed by atoms with van der Waals surface area (Å²) in [4.78, 5) is 0. The van der Waals surface area contributed by atoms with E-state index in [9.17, 15) is 0 Å². The van der Waals surface area contributed by atoms with E-state index in [1.54, 1.807) is 0 Å². The van der Waals surface area contributed by atoms with E-state index < -0.39 is 0 Å². The van der Waals surface area contributed by atoms with Gasteiger partial charge >= 0.3 is 0 Å². The standard InChI is InChI=1S/C9H10BrNO2/c10-8-2-1-6(11)5-7(8)9-12-3-4-13-9/h1-2,5,9H,3-4,11H2. The maximum Gasteiger partial charge on any atom is 0.185 e. The van der Waals surface area contributed by atoms with Crippen molar-refractivity contribution in [1.82, 2.24) is 0 Å². The molecule has 0 bridgehead atoms. The fourth-order valence-corrected chi connectivity index (χ4v) is 1.71. The molecule has 0 saturated carbocycles. The van der Waals surface area contributed by atoms with E-state index in [1.807, 2.05) is 18.2 Å². The van der Waals surface area contributed by atoms with Crippen molar-refractivity contribution in [3.63, 3.8) is 0 Å². The molecule has 70 valence electrons. The van der Waals surface area contributed by atoms with Gasteiger partial charge in [0.25, 0.3) is 0 Å². The van der Waals surface area contributed by atoms with Gasteiger partial charge in [0, 0.05) is 15.7 Å². The lowest BCUT2D eigenvalue weighted by molar-refractivity contribution is -0.0445. The van der Waals surface area contributed by atoms with Crippen molar-refractivity contribution < 1.29 is 9.47 Å². The third-order valence-corrected chi connectivity index (χ3v) is 2.62. The van der Waals surface area contributed by atoms with Crippen LogP contribution in [0.25, 0.3) is 0 Å². The van der Waals surface area contributed by atoms with Crippen molar-refractivity contribution in [2.24, 2.45) is 0 Å². The lowest BCUT2D eigenvalue weighted by Gasteiger charge is -2.11.